The zero-order valence-corrected chi connectivity index (χ0v) is 14.3. The lowest BCUT2D eigenvalue weighted by Gasteiger charge is -2.31. The quantitative estimate of drug-likeness (QED) is 0.569. The van der Waals surface area contributed by atoms with Gasteiger partial charge in [-0.15, -0.1) is 11.3 Å². The van der Waals surface area contributed by atoms with Gasteiger partial charge in [0.25, 0.3) is 0 Å². The van der Waals surface area contributed by atoms with Gasteiger partial charge < -0.3 is 0 Å². The fourth-order valence-electron chi connectivity index (χ4n) is 2.22. The molecule has 18 heavy (non-hydrogen) atoms. The fraction of sp³-hybridized carbons (Fsp3) is 0.333. The Morgan fingerprint density at radius 3 is 2.44 bits per heavy atom. The standard InChI is InChI=1S/C15H16Br2S/c1-2-15(11-16,12-6-4-3-5-7-12)9-14-8-13(17)10-18-14/h3-8,10H,2,9,11H2,1H3. The first-order chi connectivity index (χ1) is 8.70. The van der Waals surface area contributed by atoms with Gasteiger partial charge in [-0.1, -0.05) is 53.2 Å². The second kappa shape index (κ2) is 6.36. The summed E-state index contributed by atoms with van der Waals surface area (Å²) in [5.74, 6) is 0. The first-order valence-electron chi connectivity index (χ1n) is 6.04. The van der Waals surface area contributed by atoms with Crippen LogP contribution in [0.5, 0.6) is 0 Å². The van der Waals surface area contributed by atoms with Gasteiger partial charge in [0.15, 0.2) is 0 Å². The van der Waals surface area contributed by atoms with Gasteiger partial charge >= 0.3 is 0 Å². The number of thiophene rings is 1. The minimum atomic E-state index is 0.200. The van der Waals surface area contributed by atoms with E-state index in [-0.39, 0.29) is 5.41 Å². The van der Waals surface area contributed by atoms with Crippen molar-refractivity contribution in [2.45, 2.75) is 25.2 Å². The highest BCUT2D eigenvalue weighted by atomic mass is 79.9. The molecule has 0 spiro atoms. The largest absolute Gasteiger partial charge is 0.148 e. The molecule has 0 fully saturated rings. The number of benzene rings is 1. The lowest BCUT2D eigenvalue weighted by Crippen LogP contribution is -2.29. The van der Waals surface area contributed by atoms with E-state index in [4.69, 9.17) is 0 Å². The van der Waals surface area contributed by atoms with Crippen LogP contribution in [-0.4, -0.2) is 5.33 Å². The topological polar surface area (TPSA) is 0 Å². The molecule has 0 radical (unpaired) electrons. The summed E-state index contributed by atoms with van der Waals surface area (Å²) in [4.78, 5) is 1.44. The molecule has 3 heteroatoms. The van der Waals surface area contributed by atoms with Crippen molar-refractivity contribution in [3.8, 4) is 0 Å². The van der Waals surface area contributed by atoms with Crippen molar-refractivity contribution >= 4 is 43.2 Å². The third-order valence-corrected chi connectivity index (χ3v) is 6.22. The third kappa shape index (κ3) is 3.06. The average Bonchev–Trinajstić information content (AvgIpc) is 2.82. The van der Waals surface area contributed by atoms with Gasteiger partial charge in [-0.3, -0.25) is 0 Å². The molecular weight excluding hydrogens is 372 g/mol. The Balaban J connectivity index is 2.32. The van der Waals surface area contributed by atoms with E-state index in [0.717, 1.165) is 18.2 Å². The van der Waals surface area contributed by atoms with Crippen molar-refractivity contribution in [1.82, 2.24) is 0 Å². The second-order valence-corrected chi connectivity index (χ2v) is 7.01. The van der Waals surface area contributed by atoms with Gasteiger partial charge in [0, 0.05) is 25.5 Å². The van der Waals surface area contributed by atoms with Crippen LogP contribution in [0.15, 0.2) is 46.3 Å². The summed E-state index contributed by atoms with van der Waals surface area (Å²) >= 11 is 9.10. The van der Waals surface area contributed by atoms with Gasteiger partial charge in [-0.2, -0.15) is 0 Å². The lowest BCUT2D eigenvalue weighted by molar-refractivity contribution is 0.468. The van der Waals surface area contributed by atoms with Crippen LogP contribution in [0.2, 0.25) is 0 Å². The molecule has 0 aliphatic carbocycles. The van der Waals surface area contributed by atoms with Gasteiger partial charge in [-0.05, 0) is 40.4 Å². The Hall–Kier alpha value is -0.120. The summed E-state index contributed by atoms with van der Waals surface area (Å²) in [6.07, 6.45) is 2.23. The summed E-state index contributed by atoms with van der Waals surface area (Å²) in [5, 5.41) is 3.16. The molecule has 96 valence electrons. The van der Waals surface area contributed by atoms with Crippen LogP contribution in [0.1, 0.15) is 23.8 Å². The Labute approximate surface area is 130 Å². The Morgan fingerprint density at radius 2 is 1.94 bits per heavy atom. The van der Waals surface area contributed by atoms with Crippen LogP contribution >= 0.6 is 43.2 Å². The summed E-state index contributed by atoms with van der Waals surface area (Å²) in [6, 6.07) is 13.1. The lowest BCUT2D eigenvalue weighted by atomic mass is 9.77. The molecule has 0 aliphatic heterocycles. The minimum absolute atomic E-state index is 0.200. The highest BCUT2D eigenvalue weighted by Gasteiger charge is 2.29. The van der Waals surface area contributed by atoms with Crippen LogP contribution in [0.3, 0.4) is 0 Å². The highest BCUT2D eigenvalue weighted by molar-refractivity contribution is 9.10. The van der Waals surface area contributed by atoms with Crippen LogP contribution < -0.4 is 0 Å². The molecule has 0 amide bonds. The number of hydrogen-bond donors (Lipinski definition) is 0. The molecule has 1 atom stereocenters. The fourth-order valence-corrected chi connectivity index (χ4v) is 4.74. The van der Waals surface area contributed by atoms with Gasteiger partial charge in [0.2, 0.25) is 0 Å². The monoisotopic (exact) mass is 386 g/mol. The van der Waals surface area contributed by atoms with E-state index >= 15 is 0 Å². The van der Waals surface area contributed by atoms with E-state index in [1.54, 1.807) is 0 Å². The molecule has 2 rings (SSSR count). The van der Waals surface area contributed by atoms with E-state index in [1.807, 2.05) is 11.3 Å². The number of hydrogen-bond acceptors (Lipinski definition) is 1. The summed E-state index contributed by atoms with van der Waals surface area (Å²) in [7, 11) is 0. The molecule has 1 heterocycles. The number of rotatable bonds is 5. The molecule has 0 nitrogen and oxygen atoms in total. The molecule has 1 unspecified atom stereocenters. The van der Waals surface area contributed by atoms with E-state index in [0.29, 0.717) is 0 Å². The zero-order chi connectivity index (χ0) is 13.0. The van der Waals surface area contributed by atoms with E-state index in [1.165, 1.54) is 14.9 Å². The molecule has 1 aromatic carbocycles. The van der Waals surface area contributed by atoms with Gasteiger partial charge in [-0.25, -0.2) is 0 Å². The smallest absolute Gasteiger partial charge is 0.0285 e. The maximum Gasteiger partial charge on any atom is 0.0285 e. The van der Waals surface area contributed by atoms with Crippen molar-refractivity contribution in [3.63, 3.8) is 0 Å². The molecule has 2 aromatic rings. The van der Waals surface area contributed by atoms with Crippen LogP contribution in [0.4, 0.5) is 0 Å². The molecule has 0 aliphatic rings. The molecule has 0 saturated carbocycles. The SMILES string of the molecule is CCC(CBr)(Cc1cc(Br)cs1)c1ccccc1. The van der Waals surface area contributed by atoms with E-state index in [9.17, 15) is 0 Å². The van der Waals surface area contributed by atoms with Crippen molar-refractivity contribution in [2.24, 2.45) is 0 Å². The van der Waals surface area contributed by atoms with Crippen molar-refractivity contribution in [2.75, 3.05) is 5.33 Å². The molecule has 0 N–H and O–H groups in total. The first kappa shape index (κ1) is 14.3. The van der Waals surface area contributed by atoms with Crippen molar-refractivity contribution in [3.05, 3.63) is 56.7 Å². The Bertz CT molecular complexity index is 486. The molecule has 0 bridgehead atoms. The first-order valence-corrected chi connectivity index (χ1v) is 8.84. The molecule has 1 aromatic heterocycles. The number of halogens is 2. The Morgan fingerprint density at radius 1 is 1.22 bits per heavy atom. The zero-order valence-electron chi connectivity index (χ0n) is 10.3. The van der Waals surface area contributed by atoms with Crippen molar-refractivity contribution in [1.29, 1.82) is 0 Å². The summed E-state index contributed by atoms with van der Waals surface area (Å²) in [5.41, 5.74) is 1.62. The third-order valence-electron chi connectivity index (χ3n) is 3.45. The highest BCUT2D eigenvalue weighted by Crippen LogP contribution is 2.36. The summed E-state index contributed by atoms with van der Waals surface area (Å²) < 4.78 is 1.19. The van der Waals surface area contributed by atoms with E-state index < -0.39 is 0 Å². The van der Waals surface area contributed by atoms with Crippen LogP contribution in [0, 0.1) is 0 Å². The Kier molecular flexibility index (Phi) is 5.05. The van der Waals surface area contributed by atoms with Crippen LogP contribution in [0.25, 0.3) is 0 Å². The molecular formula is C15H16Br2S. The minimum Gasteiger partial charge on any atom is -0.148 e. The average molecular weight is 388 g/mol. The normalized spacial score (nSPS) is 14.4. The maximum absolute atomic E-state index is 3.73. The van der Waals surface area contributed by atoms with Gasteiger partial charge in [0.05, 0.1) is 0 Å². The maximum atomic E-state index is 3.73. The number of alkyl halides is 1. The van der Waals surface area contributed by atoms with Crippen LogP contribution in [-0.2, 0) is 11.8 Å². The van der Waals surface area contributed by atoms with E-state index in [2.05, 4.69) is 80.6 Å². The van der Waals surface area contributed by atoms with Crippen molar-refractivity contribution < 1.29 is 0 Å². The predicted octanol–water partition coefficient (Wildman–Crippen LogP) is 5.80. The summed E-state index contributed by atoms with van der Waals surface area (Å²) in [6.45, 7) is 2.27. The molecule has 0 saturated heterocycles. The second-order valence-electron chi connectivity index (χ2n) is 4.54. The van der Waals surface area contributed by atoms with Gasteiger partial charge in [0.1, 0.15) is 0 Å². The predicted molar refractivity (Wildman–Crippen MR) is 87.9 cm³/mol.